The molecule has 0 aliphatic carbocycles. The van der Waals surface area contributed by atoms with Crippen LogP contribution < -0.4 is 15.8 Å². The topological polar surface area (TPSA) is 105 Å². The van der Waals surface area contributed by atoms with Crippen molar-refractivity contribution in [3.8, 4) is 0 Å². The summed E-state index contributed by atoms with van der Waals surface area (Å²) < 4.78 is 22.8. The van der Waals surface area contributed by atoms with Crippen molar-refractivity contribution in [1.82, 2.24) is 10.2 Å². The fourth-order valence-electron chi connectivity index (χ4n) is 2.37. The molecule has 7 nitrogen and oxygen atoms in total. The third-order valence-corrected chi connectivity index (χ3v) is 4.52. The van der Waals surface area contributed by atoms with E-state index in [0.717, 1.165) is 38.2 Å². The number of amides is 1. The predicted molar refractivity (Wildman–Crippen MR) is 85.1 cm³/mol. The number of nitrogens with one attached hydrogen (secondary N) is 2. The number of anilines is 1. The summed E-state index contributed by atoms with van der Waals surface area (Å²) in [7, 11) is -3.78. The number of benzene rings is 1. The van der Waals surface area contributed by atoms with Gasteiger partial charge in [-0.05, 0) is 44.1 Å². The molecule has 22 heavy (non-hydrogen) atoms. The number of sulfonamides is 1. The standard InChI is InChI=1S/C14H22N4O3S/c1-11-3-4-12(22(15,20)21)9-13(11)17-14(19)10-18-7-2-5-16-6-8-18/h3-4,9,16H,2,5-8,10H2,1H3,(H,17,19)(H2,15,20,21). The third kappa shape index (κ3) is 4.77. The number of hydrogen-bond acceptors (Lipinski definition) is 5. The van der Waals surface area contributed by atoms with Gasteiger partial charge in [-0.3, -0.25) is 9.69 Å². The predicted octanol–water partition coefficient (Wildman–Crippen LogP) is -0.124. The largest absolute Gasteiger partial charge is 0.325 e. The van der Waals surface area contributed by atoms with E-state index in [1.54, 1.807) is 13.0 Å². The van der Waals surface area contributed by atoms with Gasteiger partial charge in [0.2, 0.25) is 15.9 Å². The average molecular weight is 326 g/mol. The van der Waals surface area contributed by atoms with Gasteiger partial charge in [-0.25, -0.2) is 13.6 Å². The highest BCUT2D eigenvalue weighted by molar-refractivity contribution is 7.89. The minimum atomic E-state index is -3.78. The van der Waals surface area contributed by atoms with Crippen LogP contribution in [0.4, 0.5) is 5.69 Å². The fourth-order valence-corrected chi connectivity index (χ4v) is 2.91. The molecular weight excluding hydrogens is 304 g/mol. The molecule has 1 aromatic rings. The van der Waals surface area contributed by atoms with E-state index in [1.807, 2.05) is 0 Å². The maximum absolute atomic E-state index is 12.2. The van der Waals surface area contributed by atoms with Crippen LogP contribution in [0.5, 0.6) is 0 Å². The fraction of sp³-hybridized carbons (Fsp3) is 0.500. The number of nitrogens with zero attached hydrogens (tertiary/aromatic N) is 1. The Hall–Kier alpha value is -1.48. The molecule has 0 aromatic heterocycles. The van der Waals surface area contributed by atoms with Crippen molar-refractivity contribution in [3.05, 3.63) is 23.8 Å². The number of aryl methyl sites for hydroxylation is 1. The molecular formula is C14H22N4O3S. The van der Waals surface area contributed by atoms with E-state index in [9.17, 15) is 13.2 Å². The highest BCUT2D eigenvalue weighted by Gasteiger charge is 2.15. The van der Waals surface area contributed by atoms with Gasteiger partial charge >= 0.3 is 0 Å². The molecule has 1 aliphatic rings. The zero-order valence-electron chi connectivity index (χ0n) is 12.6. The molecule has 0 radical (unpaired) electrons. The van der Waals surface area contributed by atoms with E-state index in [2.05, 4.69) is 15.5 Å². The lowest BCUT2D eigenvalue weighted by Crippen LogP contribution is -2.35. The molecule has 8 heteroatoms. The summed E-state index contributed by atoms with van der Waals surface area (Å²) in [5.74, 6) is -0.156. The van der Waals surface area contributed by atoms with E-state index in [-0.39, 0.29) is 10.8 Å². The molecule has 1 saturated heterocycles. The van der Waals surface area contributed by atoms with Gasteiger partial charge < -0.3 is 10.6 Å². The summed E-state index contributed by atoms with van der Waals surface area (Å²) in [4.78, 5) is 14.2. The van der Waals surface area contributed by atoms with E-state index in [0.29, 0.717) is 12.2 Å². The van der Waals surface area contributed by atoms with Crippen LogP contribution in [0.25, 0.3) is 0 Å². The summed E-state index contributed by atoms with van der Waals surface area (Å²) in [5.41, 5.74) is 1.27. The molecule has 1 fully saturated rings. The van der Waals surface area contributed by atoms with Gasteiger partial charge in [-0.2, -0.15) is 0 Å². The van der Waals surface area contributed by atoms with Crippen LogP contribution in [0.1, 0.15) is 12.0 Å². The Morgan fingerprint density at radius 2 is 2.14 bits per heavy atom. The molecule has 1 amide bonds. The van der Waals surface area contributed by atoms with Crippen LogP contribution in [0.3, 0.4) is 0 Å². The number of carbonyl (C=O) groups excluding carboxylic acids is 1. The Balaban J connectivity index is 2.04. The van der Waals surface area contributed by atoms with Crippen molar-refractivity contribution in [2.75, 3.05) is 38.0 Å². The Kier molecular flexibility index (Phi) is 5.52. The molecule has 0 spiro atoms. The monoisotopic (exact) mass is 326 g/mol. The first-order chi connectivity index (χ1) is 10.4. The lowest BCUT2D eigenvalue weighted by Gasteiger charge is -2.19. The van der Waals surface area contributed by atoms with Crippen molar-refractivity contribution in [3.63, 3.8) is 0 Å². The lowest BCUT2D eigenvalue weighted by atomic mass is 10.2. The van der Waals surface area contributed by atoms with Gasteiger partial charge in [0.15, 0.2) is 0 Å². The lowest BCUT2D eigenvalue weighted by molar-refractivity contribution is -0.117. The minimum absolute atomic E-state index is 0.00706. The molecule has 122 valence electrons. The molecule has 0 unspecified atom stereocenters. The van der Waals surface area contributed by atoms with Gasteiger partial charge in [0, 0.05) is 18.8 Å². The van der Waals surface area contributed by atoms with Crippen LogP contribution in [0, 0.1) is 6.92 Å². The third-order valence-electron chi connectivity index (χ3n) is 3.61. The number of rotatable bonds is 4. The van der Waals surface area contributed by atoms with Crippen LogP contribution in [-0.4, -0.2) is 51.9 Å². The second-order valence-electron chi connectivity index (χ2n) is 5.45. The summed E-state index contributed by atoms with van der Waals surface area (Å²) in [6.45, 7) is 5.63. The zero-order chi connectivity index (χ0) is 16.2. The Bertz CT molecular complexity index is 637. The smallest absolute Gasteiger partial charge is 0.238 e. The second kappa shape index (κ2) is 7.19. The first kappa shape index (κ1) is 16.9. The highest BCUT2D eigenvalue weighted by Crippen LogP contribution is 2.19. The second-order valence-corrected chi connectivity index (χ2v) is 7.01. The van der Waals surface area contributed by atoms with Crippen molar-refractivity contribution in [2.45, 2.75) is 18.2 Å². The maximum Gasteiger partial charge on any atom is 0.238 e. The Morgan fingerprint density at radius 3 is 2.86 bits per heavy atom. The average Bonchev–Trinajstić information content (AvgIpc) is 2.68. The maximum atomic E-state index is 12.2. The number of nitrogens with two attached hydrogens (primary N) is 1. The van der Waals surface area contributed by atoms with Gasteiger partial charge in [-0.15, -0.1) is 0 Å². The van der Waals surface area contributed by atoms with Gasteiger partial charge in [-0.1, -0.05) is 6.07 Å². The molecule has 4 N–H and O–H groups in total. The summed E-state index contributed by atoms with van der Waals surface area (Å²) in [5, 5.41) is 11.2. The molecule has 1 heterocycles. The van der Waals surface area contributed by atoms with Gasteiger partial charge in [0.25, 0.3) is 0 Å². The Morgan fingerprint density at radius 1 is 1.36 bits per heavy atom. The molecule has 0 saturated carbocycles. The normalized spacial score (nSPS) is 17.0. The van der Waals surface area contributed by atoms with E-state index in [4.69, 9.17) is 5.14 Å². The van der Waals surface area contributed by atoms with E-state index in [1.165, 1.54) is 12.1 Å². The van der Waals surface area contributed by atoms with Gasteiger partial charge in [0.05, 0.1) is 11.4 Å². The zero-order valence-corrected chi connectivity index (χ0v) is 13.4. The summed E-state index contributed by atoms with van der Waals surface area (Å²) in [6.07, 6.45) is 1.01. The summed E-state index contributed by atoms with van der Waals surface area (Å²) >= 11 is 0. The first-order valence-electron chi connectivity index (χ1n) is 7.22. The first-order valence-corrected chi connectivity index (χ1v) is 8.77. The molecule has 1 aromatic carbocycles. The molecule has 2 rings (SSSR count). The molecule has 0 bridgehead atoms. The van der Waals surface area contributed by atoms with Crippen molar-refractivity contribution < 1.29 is 13.2 Å². The quantitative estimate of drug-likeness (QED) is 0.715. The Labute approximate surface area is 130 Å². The number of hydrogen-bond donors (Lipinski definition) is 3. The minimum Gasteiger partial charge on any atom is -0.325 e. The van der Waals surface area contributed by atoms with Crippen molar-refractivity contribution in [1.29, 1.82) is 0 Å². The number of primary sulfonamides is 1. The van der Waals surface area contributed by atoms with Crippen molar-refractivity contribution >= 4 is 21.6 Å². The van der Waals surface area contributed by atoms with Crippen molar-refractivity contribution in [2.24, 2.45) is 5.14 Å². The van der Waals surface area contributed by atoms with Crippen LogP contribution in [-0.2, 0) is 14.8 Å². The number of carbonyl (C=O) groups is 1. The highest BCUT2D eigenvalue weighted by atomic mass is 32.2. The van der Waals surface area contributed by atoms with E-state index >= 15 is 0 Å². The SMILES string of the molecule is Cc1ccc(S(N)(=O)=O)cc1NC(=O)CN1CCCNCC1. The van der Waals surface area contributed by atoms with Crippen LogP contribution in [0.15, 0.2) is 23.1 Å². The van der Waals surface area contributed by atoms with E-state index < -0.39 is 10.0 Å². The molecule has 0 atom stereocenters. The van der Waals surface area contributed by atoms with Crippen LogP contribution >= 0.6 is 0 Å². The van der Waals surface area contributed by atoms with Gasteiger partial charge in [0.1, 0.15) is 0 Å². The van der Waals surface area contributed by atoms with Crippen LogP contribution in [0.2, 0.25) is 0 Å². The molecule has 1 aliphatic heterocycles. The summed E-state index contributed by atoms with van der Waals surface area (Å²) in [6, 6.07) is 4.46.